The molecule has 1 heterocycles. The molecule has 1 saturated heterocycles. The van der Waals surface area contributed by atoms with Crippen LogP contribution in [0.5, 0.6) is 0 Å². The van der Waals surface area contributed by atoms with Gasteiger partial charge in [0.25, 0.3) is 0 Å². The maximum Gasteiger partial charge on any atom is 0.303 e. The fourth-order valence-corrected chi connectivity index (χ4v) is 2.46. The van der Waals surface area contributed by atoms with E-state index in [9.17, 15) is 4.79 Å². The van der Waals surface area contributed by atoms with Gasteiger partial charge in [-0.1, -0.05) is 13.3 Å². The number of thioether (sulfide) groups is 1. The first-order valence-electron chi connectivity index (χ1n) is 4.07. The fourth-order valence-electron chi connectivity index (χ4n) is 1.39. The molecule has 0 aromatic rings. The predicted molar refractivity (Wildman–Crippen MR) is 46.9 cm³/mol. The lowest BCUT2D eigenvalue weighted by molar-refractivity contribution is -0.138. The monoisotopic (exact) mass is 174 g/mol. The van der Waals surface area contributed by atoms with Crippen molar-refractivity contribution in [2.45, 2.75) is 31.4 Å². The van der Waals surface area contributed by atoms with E-state index in [-0.39, 0.29) is 0 Å². The Bertz CT molecular complexity index is 143. The summed E-state index contributed by atoms with van der Waals surface area (Å²) in [5, 5.41) is 9.21. The third-order valence-corrected chi connectivity index (χ3v) is 3.74. The van der Waals surface area contributed by atoms with Crippen LogP contribution >= 0.6 is 11.8 Å². The molecule has 2 atom stereocenters. The van der Waals surface area contributed by atoms with Crippen molar-refractivity contribution in [3.63, 3.8) is 0 Å². The highest BCUT2D eigenvalue weighted by Crippen LogP contribution is 2.36. The number of rotatable bonds is 4. The molecular weight excluding hydrogens is 160 g/mol. The van der Waals surface area contributed by atoms with E-state index in [1.165, 1.54) is 12.2 Å². The Kier molecular flexibility index (Phi) is 3.24. The molecule has 11 heavy (non-hydrogen) atoms. The van der Waals surface area contributed by atoms with Crippen molar-refractivity contribution in [1.29, 1.82) is 0 Å². The lowest BCUT2D eigenvalue weighted by Gasteiger charge is -2.31. The molecule has 0 aromatic carbocycles. The average molecular weight is 174 g/mol. The SMILES string of the molecule is CCC(CC(=O)O)C1CCS1. The molecular formula is C8H14O2S. The topological polar surface area (TPSA) is 37.3 Å². The highest BCUT2D eigenvalue weighted by atomic mass is 32.2. The number of hydrogen-bond acceptors (Lipinski definition) is 2. The Morgan fingerprint density at radius 1 is 1.82 bits per heavy atom. The Labute approximate surface area is 71.4 Å². The van der Waals surface area contributed by atoms with Crippen molar-refractivity contribution in [3.05, 3.63) is 0 Å². The van der Waals surface area contributed by atoms with E-state index in [1.807, 2.05) is 11.8 Å². The standard InChI is InChI=1S/C8H14O2S/c1-2-6(5-8(9)10)7-3-4-11-7/h6-7H,2-5H2,1H3,(H,9,10). The van der Waals surface area contributed by atoms with Gasteiger partial charge in [0.15, 0.2) is 0 Å². The van der Waals surface area contributed by atoms with Gasteiger partial charge in [0, 0.05) is 11.7 Å². The highest BCUT2D eigenvalue weighted by molar-refractivity contribution is 8.01. The van der Waals surface area contributed by atoms with Gasteiger partial charge in [-0.25, -0.2) is 0 Å². The second kappa shape index (κ2) is 4.00. The van der Waals surface area contributed by atoms with Crippen LogP contribution in [0, 0.1) is 5.92 Å². The van der Waals surface area contributed by atoms with Gasteiger partial charge in [0.1, 0.15) is 0 Å². The van der Waals surface area contributed by atoms with Crippen LogP contribution in [0.25, 0.3) is 0 Å². The van der Waals surface area contributed by atoms with Gasteiger partial charge in [0.2, 0.25) is 0 Å². The third-order valence-electron chi connectivity index (χ3n) is 2.22. The molecule has 0 spiro atoms. The molecule has 2 nitrogen and oxygen atoms in total. The van der Waals surface area contributed by atoms with Gasteiger partial charge in [0.05, 0.1) is 0 Å². The van der Waals surface area contributed by atoms with Crippen LogP contribution in [-0.4, -0.2) is 22.1 Å². The summed E-state index contributed by atoms with van der Waals surface area (Å²) in [6.07, 6.45) is 2.58. The Hall–Kier alpha value is -0.180. The minimum absolute atomic E-state index is 0.355. The minimum Gasteiger partial charge on any atom is -0.481 e. The van der Waals surface area contributed by atoms with E-state index in [1.54, 1.807) is 0 Å². The van der Waals surface area contributed by atoms with Gasteiger partial charge in [-0.2, -0.15) is 11.8 Å². The number of hydrogen-bond donors (Lipinski definition) is 1. The molecule has 1 aliphatic rings. The zero-order chi connectivity index (χ0) is 8.27. The van der Waals surface area contributed by atoms with Gasteiger partial charge in [-0.05, 0) is 18.1 Å². The number of aliphatic carboxylic acids is 1. The summed E-state index contributed by atoms with van der Waals surface area (Å²) in [5.41, 5.74) is 0. The zero-order valence-electron chi connectivity index (χ0n) is 6.75. The van der Waals surface area contributed by atoms with Crippen LogP contribution in [0.2, 0.25) is 0 Å². The normalized spacial score (nSPS) is 25.7. The van der Waals surface area contributed by atoms with Crippen LogP contribution in [0.15, 0.2) is 0 Å². The molecule has 2 unspecified atom stereocenters. The quantitative estimate of drug-likeness (QED) is 0.708. The van der Waals surface area contributed by atoms with Crippen molar-refractivity contribution in [2.75, 3.05) is 5.75 Å². The average Bonchev–Trinajstić information content (AvgIpc) is 1.81. The van der Waals surface area contributed by atoms with Crippen molar-refractivity contribution >= 4 is 17.7 Å². The first-order chi connectivity index (χ1) is 5.24. The van der Waals surface area contributed by atoms with Crippen molar-refractivity contribution < 1.29 is 9.90 Å². The van der Waals surface area contributed by atoms with Gasteiger partial charge in [-0.3, -0.25) is 4.79 Å². The highest BCUT2D eigenvalue weighted by Gasteiger charge is 2.27. The Morgan fingerprint density at radius 3 is 2.73 bits per heavy atom. The summed E-state index contributed by atoms with van der Waals surface area (Å²) in [6, 6.07) is 0. The van der Waals surface area contributed by atoms with Crippen LogP contribution < -0.4 is 0 Å². The Morgan fingerprint density at radius 2 is 2.45 bits per heavy atom. The maximum atomic E-state index is 10.4. The van der Waals surface area contributed by atoms with E-state index in [0.29, 0.717) is 17.6 Å². The molecule has 0 aliphatic carbocycles. The molecule has 0 radical (unpaired) electrons. The van der Waals surface area contributed by atoms with Crippen LogP contribution in [0.4, 0.5) is 0 Å². The molecule has 0 bridgehead atoms. The van der Waals surface area contributed by atoms with E-state index >= 15 is 0 Å². The first-order valence-corrected chi connectivity index (χ1v) is 5.12. The lowest BCUT2D eigenvalue weighted by atomic mass is 9.96. The van der Waals surface area contributed by atoms with E-state index in [2.05, 4.69) is 6.92 Å². The van der Waals surface area contributed by atoms with Gasteiger partial charge < -0.3 is 5.11 Å². The molecule has 1 N–H and O–H groups in total. The largest absolute Gasteiger partial charge is 0.481 e. The summed E-state index contributed by atoms with van der Waals surface area (Å²) in [6.45, 7) is 2.08. The van der Waals surface area contributed by atoms with Crippen LogP contribution in [0.3, 0.4) is 0 Å². The van der Waals surface area contributed by atoms with Crippen molar-refractivity contribution in [3.8, 4) is 0 Å². The Balaban J connectivity index is 2.29. The van der Waals surface area contributed by atoms with E-state index < -0.39 is 5.97 Å². The van der Waals surface area contributed by atoms with Gasteiger partial charge in [-0.15, -0.1) is 0 Å². The van der Waals surface area contributed by atoms with Crippen LogP contribution in [-0.2, 0) is 4.79 Å². The van der Waals surface area contributed by atoms with E-state index in [0.717, 1.165) is 6.42 Å². The zero-order valence-corrected chi connectivity index (χ0v) is 7.56. The fraction of sp³-hybridized carbons (Fsp3) is 0.875. The second-order valence-electron chi connectivity index (χ2n) is 2.96. The molecule has 0 aromatic heterocycles. The molecule has 64 valence electrons. The predicted octanol–water partition coefficient (Wildman–Crippen LogP) is 1.99. The summed E-state index contributed by atoms with van der Waals surface area (Å²) < 4.78 is 0. The summed E-state index contributed by atoms with van der Waals surface area (Å²) >= 11 is 1.92. The van der Waals surface area contributed by atoms with Crippen molar-refractivity contribution in [2.24, 2.45) is 5.92 Å². The van der Waals surface area contributed by atoms with E-state index in [4.69, 9.17) is 5.11 Å². The molecule has 1 aliphatic heterocycles. The van der Waals surface area contributed by atoms with Crippen molar-refractivity contribution in [1.82, 2.24) is 0 Å². The number of carboxylic acids is 1. The molecule has 0 amide bonds. The summed E-state index contributed by atoms with van der Waals surface area (Å²) in [7, 11) is 0. The second-order valence-corrected chi connectivity index (χ2v) is 4.31. The molecule has 0 saturated carbocycles. The third kappa shape index (κ3) is 2.40. The summed E-state index contributed by atoms with van der Waals surface area (Å²) in [5.74, 6) is 0.983. The molecule has 1 rings (SSSR count). The number of carbonyl (C=O) groups is 1. The summed E-state index contributed by atoms with van der Waals surface area (Å²) in [4.78, 5) is 10.4. The molecule has 1 fully saturated rings. The smallest absolute Gasteiger partial charge is 0.303 e. The first kappa shape index (κ1) is 8.91. The molecule has 3 heteroatoms. The van der Waals surface area contributed by atoms with Gasteiger partial charge >= 0.3 is 5.97 Å². The minimum atomic E-state index is -0.649. The number of carboxylic acid groups (broad SMARTS) is 1. The van der Waals surface area contributed by atoms with Crippen LogP contribution in [0.1, 0.15) is 26.2 Å². The lowest BCUT2D eigenvalue weighted by Crippen LogP contribution is -2.27. The maximum absolute atomic E-state index is 10.4.